The van der Waals surface area contributed by atoms with Crippen LogP contribution in [0.5, 0.6) is 0 Å². The minimum Gasteiger partial charge on any atom is -0.254 e. The third-order valence-electron chi connectivity index (χ3n) is 3.51. The normalized spacial score (nSPS) is 12.9. The predicted molar refractivity (Wildman–Crippen MR) is 90.8 cm³/mol. The number of nitrogens with one attached hydrogen (secondary N) is 1. The van der Waals surface area contributed by atoms with Gasteiger partial charge in [0, 0.05) is 9.92 Å². The molecule has 1 atom stereocenters. The summed E-state index contributed by atoms with van der Waals surface area (Å²) in [5, 5.41) is 6.45. The van der Waals surface area contributed by atoms with Crippen molar-refractivity contribution in [1.82, 2.24) is 14.8 Å². The third kappa shape index (κ3) is 3.88. The topological polar surface area (TPSA) is 67.8 Å². The van der Waals surface area contributed by atoms with E-state index in [0.717, 1.165) is 16.7 Å². The maximum Gasteiger partial charge on any atom is 0.416 e. The first-order valence-corrected chi connectivity index (χ1v) is 8.93. The lowest BCUT2D eigenvalue weighted by Gasteiger charge is -2.10. The lowest BCUT2D eigenvalue weighted by atomic mass is 10.2. The smallest absolute Gasteiger partial charge is 0.254 e. The second-order valence-electron chi connectivity index (χ2n) is 5.27. The summed E-state index contributed by atoms with van der Waals surface area (Å²) in [6, 6.07) is 10.6. The Morgan fingerprint density at radius 1 is 1.15 bits per heavy atom. The van der Waals surface area contributed by atoms with Crippen LogP contribution >= 0.6 is 11.6 Å². The molecule has 2 aromatic carbocycles. The monoisotopic (exact) mass is 401 g/mol. The Kier molecular flexibility index (Phi) is 5.01. The summed E-state index contributed by atoms with van der Waals surface area (Å²) in [5.74, 6) is -0.0982. The summed E-state index contributed by atoms with van der Waals surface area (Å²) in [4.78, 5) is 12.5. The van der Waals surface area contributed by atoms with E-state index < -0.39 is 28.2 Å². The van der Waals surface area contributed by atoms with E-state index in [2.05, 4.69) is 10.2 Å². The zero-order chi connectivity index (χ0) is 18.9. The first-order chi connectivity index (χ1) is 12.3. The van der Waals surface area contributed by atoms with Crippen molar-refractivity contribution in [3.05, 3.63) is 75.4 Å². The Bertz CT molecular complexity index is 1010. The van der Waals surface area contributed by atoms with Crippen LogP contribution in [-0.2, 0) is 22.7 Å². The standard InChI is InChI=1S/C16H11ClF3N3O2S/c17-11-4-6-13(7-5-11)26(25)9-14-21-22-15(24)23(14)12-3-1-2-10(8-12)16(18,19)20/h1-8H,9H2,(H,22,24). The van der Waals surface area contributed by atoms with Crippen LogP contribution in [0, 0.1) is 0 Å². The quantitative estimate of drug-likeness (QED) is 0.727. The Hall–Kier alpha value is -2.39. The third-order valence-corrected chi connectivity index (χ3v) is 5.08. The molecule has 0 radical (unpaired) electrons. The van der Waals surface area contributed by atoms with Gasteiger partial charge in [0.25, 0.3) is 0 Å². The fourth-order valence-corrected chi connectivity index (χ4v) is 3.46. The molecule has 26 heavy (non-hydrogen) atoms. The van der Waals surface area contributed by atoms with Crippen molar-refractivity contribution in [1.29, 1.82) is 0 Å². The molecule has 136 valence electrons. The molecule has 0 aliphatic heterocycles. The molecule has 0 aliphatic rings. The summed E-state index contributed by atoms with van der Waals surface area (Å²) in [7, 11) is -1.56. The van der Waals surface area contributed by atoms with Crippen molar-refractivity contribution in [2.75, 3.05) is 0 Å². The molecule has 0 amide bonds. The van der Waals surface area contributed by atoms with Gasteiger partial charge in [-0.25, -0.2) is 14.5 Å². The number of hydrogen-bond donors (Lipinski definition) is 1. The summed E-state index contributed by atoms with van der Waals surface area (Å²) in [6.07, 6.45) is -4.55. The van der Waals surface area contributed by atoms with E-state index in [0.29, 0.717) is 9.92 Å². The first kappa shape index (κ1) is 18.4. The fraction of sp³-hybridized carbons (Fsp3) is 0.125. The van der Waals surface area contributed by atoms with Crippen LogP contribution in [0.15, 0.2) is 58.2 Å². The highest BCUT2D eigenvalue weighted by Gasteiger charge is 2.31. The highest BCUT2D eigenvalue weighted by atomic mass is 35.5. The fourth-order valence-electron chi connectivity index (χ4n) is 2.30. The molecule has 0 spiro atoms. The lowest BCUT2D eigenvalue weighted by Crippen LogP contribution is -2.18. The Morgan fingerprint density at radius 2 is 1.85 bits per heavy atom. The Labute approximate surface area is 152 Å². The summed E-state index contributed by atoms with van der Waals surface area (Å²) < 4.78 is 52.2. The van der Waals surface area contributed by atoms with Crippen molar-refractivity contribution < 1.29 is 17.4 Å². The van der Waals surface area contributed by atoms with Gasteiger partial charge in [-0.1, -0.05) is 17.7 Å². The van der Waals surface area contributed by atoms with Gasteiger partial charge in [-0.3, -0.25) is 4.21 Å². The molecule has 3 aromatic rings. The van der Waals surface area contributed by atoms with Crippen LogP contribution in [0.25, 0.3) is 5.69 Å². The van der Waals surface area contributed by atoms with Crippen molar-refractivity contribution in [2.45, 2.75) is 16.8 Å². The van der Waals surface area contributed by atoms with Crippen molar-refractivity contribution in [3.8, 4) is 5.69 Å². The highest BCUT2D eigenvalue weighted by molar-refractivity contribution is 7.84. The van der Waals surface area contributed by atoms with E-state index in [1.165, 1.54) is 12.1 Å². The SMILES string of the molecule is O=c1[nH]nc(CS(=O)c2ccc(Cl)cc2)n1-c1cccc(C(F)(F)F)c1. The summed E-state index contributed by atoms with van der Waals surface area (Å²) in [6.45, 7) is 0. The molecule has 1 aromatic heterocycles. The molecule has 3 rings (SSSR count). The second kappa shape index (κ2) is 7.08. The highest BCUT2D eigenvalue weighted by Crippen LogP contribution is 2.30. The number of H-pyrrole nitrogens is 1. The maximum atomic E-state index is 12.9. The average molecular weight is 402 g/mol. The molecular weight excluding hydrogens is 391 g/mol. The number of aromatic amines is 1. The first-order valence-electron chi connectivity index (χ1n) is 7.23. The average Bonchev–Trinajstić information content (AvgIpc) is 2.95. The second-order valence-corrected chi connectivity index (χ2v) is 7.16. The van der Waals surface area contributed by atoms with E-state index in [4.69, 9.17) is 11.6 Å². The lowest BCUT2D eigenvalue weighted by molar-refractivity contribution is -0.137. The van der Waals surface area contributed by atoms with Crippen LogP contribution in [0.3, 0.4) is 0 Å². The largest absolute Gasteiger partial charge is 0.416 e. The van der Waals surface area contributed by atoms with Crippen LogP contribution in [0.1, 0.15) is 11.4 Å². The molecule has 0 aliphatic carbocycles. The van der Waals surface area contributed by atoms with Gasteiger partial charge in [-0.2, -0.15) is 18.3 Å². The summed E-state index contributed by atoms with van der Waals surface area (Å²) in [5.41, 5.74) is -1.62. The summed E-state index contributed by atoms with van der Waals surface area (Å²) >= 11 is 5.78. The van der Waals surface area contributed by atoms with E-state index in [1.807, 2.05) is 0 Å². The number of hydrogen-bond acceptors (Lipinski definition) is 3. The van der Waals surface area contributed by atoms with E-state index in [-0.39, 0.29) is 17.3 Å². The van der Waals surface area contributed by atoms with Gasteiger partial charge in [0.15, 0.2) is 5.82 Å². The number of halogens is 4. The van der Waals surface area contributed by atoms with Crippen LogP contribution < -0.4 is 5.69 Å². The number of rotatable bonds is 4. The molecule has 10 heteroatoms. The van der Waals surface area contributed by atoms with Crippen molar-refractivity contribution in [3.63, 3.8) is 0 Å². The molecule has 1 N–H and O–H groups in total. The van der Waals surface area contributed by atoms with Gasteiger partial charge in [0.2, 0.25) is 0 Å². The van der Waals surface area contributed by atoms with Gasteiger partial charge >= 0.3 is 11.9 Å². The minimum atomic E-state index is -4.55. The number of alkyl halides is 3. The van der Waals surface area contributed by atoms with Gasteiger partial charge in [0.1, 0.15) is 0 Å². The van der Waals surface area contributed by atoms with E-state index in [9.17, 15) is 22.2 Å². The van der Waals surface area contributed by atoms with Crippen molar-refractivity contribution >= 4 is 22.4 Å². The number of aromatic nitrogens is 3. The van der Waals surface area contributed by atoms with E-state index >= 15 is 0 Å². The Morgan fingerprint density at radius 3 is 2.50 bits per heavy atom. The van der Waals surface area contributed by atoms with Crippen molar-refractivity contribution in [2.24, 2.45) is 0 Å². The molecular formula is C16H11ClF3N3O2S. The van der Waals surface area contributed by atoms with E-state index in [1.54, 1.807) is 24.3 Å². The van der Waals surface area contributed by atoms with Crippen LogP contribution in [0.4, 0.5) is 13.2 Å². The predicted octanol–water partition coefficient (Wildman–Crippen LogP) is 3.54. The van der Waals surface area contributed by atoms with Crippen LogP contribution in [-0.4, -0.2) is 19.0 Å². The van der Waals surface area contributed by atoms with Gasteiger partial charge in [-0.05, 0) is 42.5 Å². The molecule has 0 saturated carbocycles. The minimum absolute atomic E-state index is 0.0123. The van der Waals surface area contributed by atoms with Gasteiger partial charge in [-0.15, -0.1) is 0 Å². The molecule has 0 bridgehead atoms. The molecule has 1 heterocycles. The van der Waals surface area contributed by atoms with Gasteiger partial charge < -0.3 is 0 Å². The zero-order valence-electron chi connectivity index (χ0n) is 13.0. The molecule has 1 unspecified atom stereocenters. The molecule has 0 fully saturated rings. The number of nitrogens with zero attached hydrogens (tertiary/aromatic N) is 2. The molecule has 0 saturated heterocycles. The number of benzene rings is 2. The zero-order valence-corrected chi connectivity index (χ0v) is 14.5. The Balaban J connectivity index is 1.96. The maximum absolute atomic E-state index is 12.9. The molecule has 5 nitrogen and oxygen atoms in total. The van der Waals surface area contributed by atoms with Gasteiger partial charge in [0.05, 0.1) is 27.8 Å². The van der Waals surface area contributed by atoms with Crippen LogP contribution in [0.2, 0.25) is 5.02 Å².